The summed E-state index contributed by atoms with van der Waals surface area (Å²) in [5, 5.41) is 3.51. The maximum atomic E-state index is 13.0. The van der Waals surface area contributed by atoms with Crippen molar-refractivity contribution in [2.45, 2.75) is 77.2 Å². The second-order valence-electron chi connectivity index (χ2n) is 7.71. The van der Waals surface area contributed by atoms with Gasteiger partial charge in [-0.2, -0.15) is 0 Å². The number of Topliss-reactive ketones (excluding diaryl/α,β-unsaturated/α-hetero) is 1. The topological polar surface area (TPSA) is 29.1 Å². The molecule has 0 aliphatic rings. The van der Waals surface area contributed by atoms with Crippen LogP contribution in [0.3, 0.4) is 0 Å². The van der Waals surface area contributed by atoms with Gasteiger partial charge in [0, 0.05) is 5.56 Å². The highest BCUT2D eigenvalue weighted by molar-refractivity contribution is 6.00. The zero-order chi connectivity index (χ0) is 19.9. The van der Waals surface area contributed by atoms with E-state index < -0.39 is 0 Å². The molecule has 29 heavy (non-hydrogen) atoms. The van der Waals surface area contributed by atoms with Crippen LogP contribution in [-0.2, 0) is 0 Å². The lowest BCUT2D eigenvalue weighted by atomic mass is 9.97. The molecular formula is C26H38ClNO. The van der Waals surface area contributed by atoms with Crippen molar-refractivity contribution in [3.63, 3.8) is 0 Å². The maximum absolute atomic E-state index is 13.0. The monoisotopic (exact) mass is 415 g/mol. The fourth-order valence-electron chi connectivity index (χ4n) is 3.64. The molecule has 0 amide bonds. The van der Waals surface area contributed by atoms with Crippen LogP contribution in [0.1, 0.15) is 93.1 Å². The maximum Gasteiger partial charge on any atom is 0.184 e. The van der Waals surface area contributed by atoms with Crippen molar-refractivity contribution in [3.8, 4) is 0 Å². The number of carbonyl (C=O) groups excluding carboxylic acids is 1. The summed E-state index contributed by atoms with van der Waals surface area (Å²) in [5.74, 6) is 0.152. The highest BCUT2D eigenvalue weighted by atomic mass is 35.5. The summed E-state index contributed by atoms with van der Waals surface area (Å²) in [7, 11) is 0. The first-order valence-corrected chi connectivity index (χ1v) is 11.2. The summed E-state index contributed by atoms with van der Waals surface area (Å²) < 4.78 is 0. The number of nitrogens with one attached hydrogen (secondary N) is 1. The number of hydrogen-bond acceptors (Lipinski definition) is 2. The van der Waals surface area contributed by atoms with Gasteiger partial charge in [-0.15, -0.1) is 12.4 Å². The van der Waals surface area contributed by atoms with Crippen LogP contribution in [0.2, 0.25) is 0 Å². The van der Waals surface area contributed by atoms with E-state index in [0.717, 1.165) is 24.1 Å². The van der Waals surface area contributed by atoms with Gasteiger partial charge in [0.15, 0.2) is 5.78 Å². The van der Waals surface area contributed by atoms with Gasteiger partial charge in [0.1, 0.15) is 0 Å². The van der Waals surface area contributed by atoms with E-state index in [0.29, 0.717) is 0 Å². The van der Waals surface area contributed by atoms with Crippen LogP contribution in [0.4, 0.5) is 0 Å². The second kappa shape index (κ2) is 16.2. The van der Waals surface area contributed by atoms with Gasteiger partial charge in [-0.1, -0.05) is 125 Å². The molecule has 0 spiro atoms. The van der Waals surface area contributed by atoms with E-state index in [2.05, 4.69) is 12.2 Å². The van der Waals surface area contributed by atoms with Gasteiger partial charge in [-0.05, 0) is 18.5 Å². The first-order valence-electron chi connectivity index (χ1n) is 11.2. The van der Waals surface area contributed by atoms with Gasteiger partial charge in [-0.3, -0.25) is 4.79 Å². The fraction of sp³-hybridized carbons (Fsp3) is 0.500. The number of hydrogen-bond donors (Lipinski definition) is 1. The Morgan fingerprint density at radius 3 is 1.76 bits per heavy atom. The molecule has 160 valence electrons. The number of carbonyl (C=O) groups is 1. The average molecular weight is 416 g/mol. The summed E-state index contributed by atoms with van der Waals surface area (Å²) in [6, 6.07) is 19.4. The standard InChI is InChI=1S/C26H37NO.ClH/c1-2-3-4-5-6-7-8-9-10-17-22-27-25(23-18-13-11-14-19-23)26(28)24-20-15-12-16-21-24;/h11-16,18-21,25,27H,2-10,17,22H2,1H3;1H. The predicted molar refractivity (Wildman–Crippen MR) is 127 cm³/mol. The lowest BCUT2D eigenvalue weighted by Gasteiger charge is -2.18. The third-order valence-electron chi connectivity index (χ3n) is 5.33. The van der Waals surface area contributed by atoms with Crippen molar-refractivity contribution in [1.29, 1.82) is 0 Å². The smallest absolute Gasteiger partial charge is 0.184 e. The SMILES string of the molecule is CCCCCCCCCCCCNC(C(=O)c1ccccc1)c1ccccc1.Cl. The number of unbranched alkanes of at least 4 members (excludes halogenated alkanes) is 9. The van der Waals surface area contributed by atoms with Crippen LogP contribution in [0.15, 0.2) is 60.7 Å². The number of rotatable bonds is 15. The first-order chi connectivity index (χ1) is 13.8. The van der Waals surface area contributed by atoms with Crippen molar-refractivity contribution in [3.05, 3.63) is 71.8 Å². The lowest BCUT2D eigenvalue weighted by molar-refractivity contribution is 0.0942. The van der Waals surface area contributed by atoms with Crippen LogP contribution in [0.5, 0.6) is 0 Å². The summed E-state index contributed by atoms with van der Waals surface area (Å²) in [6.07, 6.45) is 13.3. The van der Waals surface area contributed by atoms with Gasteiger partial charge in [-0.25, -0.2) is 0 Å². The van der Waals surface area contributed by atoms with Crippen molar-refractivity contribution >= 4 is 18.2 Å². The third kappa shape index (κ3) is 10.1. The quantitative estimate of drug-likeness (QED) is 0.240. The summed E-state index contributed by atoms with van der Waals surface area (Å²) >= 11 is 0. The summed E-state index contributed by atoms with van der Waals surface area (Å²) in [4.78, 5) is 13.0. The van der Waals surface area contributed by atoms with Crippen molar-refractivity contribution in [2.24, 2.45) is 0 Å². The zero-order valence-corrected chi connectivity index (χ0v) is 18.8. The Morgan fingerprint density at radius 2 is 1.21 bits per heavy atom. The Morgan fingerprint density at radius 1 is 0.724 bits per heavy atom. The third-order valence-corrected chi connectivity index (χ3v) is 5.33. The fourth-order valence-corrected chi connectivity index (χ4v) is 3.64. The van der Waals surface area contributed by atoms with E-state index in [1.165, 1.54) is 57.8 Å². The first kappa shape index (κ1) is 25.4. The molecule has 0 radical (unpaired) electrons. The minimum absolute atomic E-state index is 0. The van der Waals surface area contributed by atoms with Crippen LogP contribution in [0.25, 0.3) is 0 Å². The molecule has 1 N–H and O–H groups in total. The molecule has 0 fully saturated rings. The second-order valence-corrected chi connectivity index (χ2v) is 7.71. The molecule has 2 aromatic carbocycles. The molecule has 0 heterocycles. The van der Waals surface area contributed by atoms with E-state index >= 15 is 0 Å². The molecule has 0 saturated heterocycles. The largest absolute Gasteiger partial charge is 0.303 e. The van der Waals surface area contributed by atoms with Gasteiger partial charge in [0.05, 0.1) is 6.04 Å². The molecule has 0 aromatic heterocycles. The molecule has 0 bridgehead atoms. The minimum Gasteiger partial charge on any atom is -0.303 e. The summed E-state index contributed by atoms with van der Waals surface area (Å²) in [6.45, 7) is 3.15. The Bertz CT molecular complexity index is 644. The van der Waals surface area contributed by atoms with Gasteiger partial charge >= 0.3 is 0 Å². The molecule has 2 aromatic rings. The lowest BCUT2D eigenvalue weighted by Crippen LogP contribution is -2.29. The molecule has 0 aliphatic carbocycles. The van der Waals surface area contributed by atoms with Crippen LogP contribution in [0, 0.1) is 0 Å². The van der Waals surface area contributed by atoms with Crippen LogP contribution < -0.4 is 5.32 Å². The Hall–Kier alpha value is -1.64. The molecular weight excluding hydrogens is 378 g/mol. The van der Waals surface area contributed by atoms with Gasteiger partial charge in [0.25, 0.3) is 0 Å². The van der Waals surface area contributed by atoms with Crippen LogP contribution in [-0.4, -0.2) is 12.3 Å². The van der Waals surface area contributed by atoms with E-state index in [1.54, 1.807) is 0 Å². The highest BCUT2D eigenvalue weighted by Crippen LogP contribution is 2.19. The van der Waals surface area contributed by atoms with Crippen molar-refractivity contribution in [1.82, 2.24) is 5.32 Å². The molecule has 2 rings (SSSR count). The van der Waals surface area contributed by atoms with E-state index in [9.17, 15) is 4.79 Å². The molecule has 2 nitrogen and oxygen atoms in total. The summed E-state index contributed by atoms with van der Waals surface area (Å²) in [5.41, 5.74) is 1.82. The van der Waals surface area contributed by atoms with E-state index in [-0.39, 0.29) is 24.2 Å². The van der Waals surface area contributed by atoms with E-state index in [1.807, 2.05) is 60.7 Å². The van der Waals surface area contributed by atoms with Crippen molar-refractivity contribution in [2.75, 3.05) is 6.54 Å². The molecule has 3 heteroatoms. The Kier molecular flexibility index (Phi) is 14.2. The van der Waals surface area contributed by atoms with Crippen LogP contribution >= 0.6 is 12.4 Å². The van der Waals surface area contributed by atoms with Gasteiger partial charge < -0.3 is 5.32 Å². The minimum atomic E-state index is -0.262. The van der Waals surface area contributed by atoms with E-state index in [4.69, 9.17) is 0 Å². The molecule has 1 atom stereocenters. The normalized spacial score (nSPS) is 11.6. The predicted octanol–water partition coefficient (Wildman–Crippen LogP) is 7.54. The zero-order valence-electron chi connectivity index (χ0n) is 17.9. The number of ketones is 1. The highest BCUT2D eigenvalue weighted by Gasteiger charge is 2.20. The number of benzene rings is 2. The Balaban J connectivity index is 0.00000420. The van der Waals surface area contributed by atoms with Gasteiger partial charge in [0.2, 0.25) is 0 Å². The van der Waals surface area contributed by atoms with Crippen molar-refractivity contribution < 1.29 is 4.79 Å². The molecule has 0 saturated carbocycles. The average Bonchev–Trinajstić information content (AvgIpc) is 2.75. The molecule has 0 aliphatic heterocycles. The Labute approximate surface area is 183 Å². The molecule has 1 unspecified atom stereocenters. The number of halogens is 1.